The summed E-state index contributed by atoms with van der Waals surface area (Å²) in [6.45, 7) is -0.864. The summed E-state index contributed by atoms with van der Waals surface area (Å²) >= 11 is 0. The molecule has 36 heavy (non-hydrogen) atoms. The van der Waals surface area contributed by atoms with Crippen LogP contribution in [0.15, 0.2) is 33.1 Å². The molecule has 0 aliphatic carbocycles. The van der Waals surface area contributed by atoms with E-state index in [0.717, 1.165) is 12.1 Å². The van der Waals surface area contributed by atoms with Gasteiger partial charge in [-0.1, -0.05) is 0 Å². The van der Waals surface area contributed by atoms with Crippen LogP contribution in [0.1, 0.15) is 37.4 Å². The van der Waals surface area contributed by atoms with Crippen LogP contribution in [0.3, 0.4) is 0 Å². The highest BCUT2D eigenvalue weighted by Crippen LogP contribution is 2.20. The van der Waals surface area contributed by atoms with E-state index in [1.54, 1.807) is 6.07 Å². The van der Waals surface area contributed by atoms with Gasteiger partial charge in [0, 0.05) is 0 Å². The molecule has 0 unspecified atom stereocenters. The second-order valence-electron chi connectivity index (χ2n) is 6.36. The molecule has 0 amide bonds. The van der Waals surface area contributed by atoms with Crippen LogP contribution in [0.5, 0.6) is 0 Å². The SMILES string of the molecule is O=C(O)c1ccc(C(=O)O)o1.O=Cc1ccc(CO)o1.O=S(=O)(O)O.OC[C@H]1O[C@H](CO)[C@@H](O)[C@H]1O. The summed E-state index contributed by atoms with van der Waals surface area (Å²) in [7, 11) is -4.67. The van der Waals surface area contributed by atoms with E-state index < -0.39 is 46.8 Å². The molecule has 3 heterocycles. The number of hydrogen-bond acceptors (Lipinski definition) is 13. The topological polar surface area (TPSA) is 303 Å². The fourth-order valence-electron chi connectivity index (χ4n) is 2.24. The average molecular weight is 544 g/mol. The number of aldehydes is 1. The lowest BCUT2D eigenvalue weighted by atomic mass is 10.1. The van der Waals surface area contributed by atoms with Crippen LogP contribution >= 0.6 is 0 Å². The number of carbonyl (C=O) groups excluding carboxylic acids is 1. The van der Waals surface area contributed by atoms with Crippen molar-refractivity contribution in [1.29, 1.82) is 0 Å². The third-order valence-corrected chi connectivity index (χ3v) is 3.80. The number of rotatable bonds is 6. The number of hydrogen-bond donors (Lipinski definition) is 9. The largest absolute Gasteiger partial charge is 0.475 e. The number of carboxylic acid groups (broad SMARTS) is 2. The standard InChI is InChI=1S/C6H12O5.C6H4O5.C6H6O3.H2O4S/c7-1-3-5(9)6(10)4(2-8)11-3;7-5(8)3-1-2-4(11-3)6(9)10;7-3-5-1-2-6(4-8)9-5;1-5(2,3)4/h3-10H,1-2H2;1-2H,(H,7,8)(H,9,10);1-3,8H,4H2;(H2,1,2,3,4)/t3-,4-,5-,6+;;;/m1.../s1. The van der Waals surface area contributed by atoms with Crippen molar-refractivity contribution in [1.82, 2.24) is 0 Å². The molecule has 18 heteroatoms. The minimum absolute atomic E-state index is 0.159. The van der Waals surface area contributed by atoms with Gasteiger partial charge < -0.3 is 49.3 Å². The highest BCUT2D eigenvalue weighted by molar-refractivity contribution is 7.79. The van der Waals surface area contributed by atoms with Crippen LogP contribution in [-0.2, 0) is 21.7 Å². The van der Waals surface area contributed by atoms with Gasteiger partial charge in [0.05, 0.1) is 13.2 Å². The molecule has 3 rings (SSSR count). The molecule has 4 atom stereocenters. The number of furan rings is 2. The third kappa shape index (κ3) is 12.5. The van der Waals surface area contributed by atoms with Crippen LogP contribution in [-0.4, -0.2) is 109 Å². The zero-order valence-electron chi connectivity index (χ0n) is 18.0. The van der Waals surface area contributed by atoms with Crippen molar-refractivity contribution < 1.29 is 81.2 Å². The van der Waals surface area contributed by atoms with E-state index in [2.05, 4.69) is 4.42 Å². The molecule has 0 radical (unpaired) electrons. The molecule has 0 aromatic carbocycles. The second-order valence-corrected chi connectivity index (χ2v) is 7.26. The third-order valence-electron chi connectivity index (χ3n) is 3.80. The van der Waals surface area contributed by atoms with E-state index in [0.29, 0.717) is 12.0 Å². The van der Waals surface area contributed by atoms with Crippen molar-refractivity contribution in [2.45, 2.75) is 31.0 Å². The quantitative estimate of drug-likeness (QED) is 0.141. The number of aliphatic hydroxyl groups is 5. The monoisotopic (exact) mass is 544 g/mol. The lowest BCUT2D eigenvalue weighted by Gasteiger charge is -2.10. The van der Waals surface area contributed by atoms with Gasteiger partial charge in [-0.2, -0.15) is 8.42 Å². The van der Waals surface area contributed by atoms with Crippen LogP contribution in [0.2, 0.25) is 0 Å². The van der Waals surface area contributed by atoms with E-state index in [1.165, 1.54) is 6.07 Å². The van der Waals surface area contributed by atoms with Gasteiger partial charge in [0.15, 0.2) is 12.0 Å². The Morgan fingerprint density at radius 2 is 1.25 bits per heavy atom. The summed E-state index contributed by atoms with van der Waals surface area (Å²) < 4.78 is 45.6. The Hall–Kier alpha value is -3.20. The summed E-state index contributed by atoms with van der Waals surface area (Å²) in [6.07, 6.45) is -3.15. The molecule has 1 fully saturated rings. The van der Waals surface area contributed by atoms with Crippen LogP contribution in [0.25, 0.3) is 0 Å². The summed E-state index contributed by atoms with van der Waals surface area (Å²) in [6, 6.07) is 5.25. The maximum Gasteiger partial charge on any atom is 0.394 e. The minimum atomic E-state index is -4.67. The Labute approximate surface area is 202 Å². The molecule has 204 valence electrons. The van der Waals surface area contributed by atoms with Gasteiger partial charge in [-0.3, -0.25) is 13.9 Å². The van der Waals surface area contributed by atoms with Crippen LogP contribution in [0.4, 0.5) is 0 Å². The predicted octanol–water partition coefficient (Wildman–Crippen LogP) is -1.93. The maximum atomic E-state index is 10.2. The predicted molar refractivity (Wildman–Crippen MR) is 112 cm³/mol. The van der Waals surface area contributed by atoms with Gasteiger partial charge in [-0.15, -0.1) is 0 Å². The summed E-state index contributed by atoms with van der Waals surface area (Å²) in [5.74, 6) is -2.64. The normalized spacial score (nSPS) is 20.5. The Morgan fingerprint density at radius 1 is 0.833 bits per heavy atom. The van der Waals surface area contributed by atoms with Gasteiger partial charge in [-0.25, -0.2) is 9.59 Å². The smallest absolute Gasteiger partial charge is 0.394 e. The van der Waals surface area contributed by atoms with Gasteiger partial charge in [-0.05, 0) is 24.3 Å². The molecule has 17 nitrogen and oxygen atoms in total. The first kappa shape index (κ1) is 32.8. The fraction of sp³-hybridized carbons (Fsp3) is 0.389. The minimum Gasteiger partial charge on any atom is -0.475 e. The molecule has 1 aliphatic heterocycles. The van der Waals surface area contributed by atoms with Crippen molar-refractivity contribution in [3.8, 4) is 0 Å². The highest BCUT2D eigenvalue weighted by atomic mass is 32.3. The van der Waals surface area contributed by atoms with Gasteiger partial charge >= 0.3 is 22.3 Å². The fourth-order valence-corrected chi connectivity index (χ4v) is 2.24. The molecule has 0 spiro atoms. The van der Waals surface area contributed by atoms with Crippen molar-refractivity contribution in [3.05, 3.63) is 47.3 Å². The van der Waals surface area contributed by atoms with E-state index in [4.69, 9.17) is 62.4 Å². The summed E-state index contributed by atoms with van der Waals surface area (Å²) in [4.78, 5) is 30.3. The Balaban J connectivity index is 0.000000470. The average Bonchev–Trinajstić information content (AvgIpc) is 3.53. The molecule has 9 N–H and O–H groups in total. The number of aliphatic hydroxyl groups excluding tert-OH is 5. The summed E-state index contributed by atoms with van der Waals surface area (Å²) in [5, 5.41) is 60.4. The second kappa shape index (κ2) is 15.7. The van der Waals surface area contributed by atoms with Crippen LogP contribution in [0, 0.1) is 0 Å². The van der Waals surface area contributed by atoms with E-state index in [9.17, 15) is 14.4 Å². The van der Waals surface area contributed by atoms with Crippen molar-refractivity contribution in [3.63, 3.8) is 0 Å². The zero-order chi connectivity index (χ0) is 28.1. The Kier molecular flexibility index (Phi) is 14.3. The van der Waals surface area contributed by atoms with E-state index >= 15 is 0 Å². The molecule has 0 bridgehead atoms. The first-order valence-electron chi connectivity index (χ1n) is 9.32. The van der Waals surface area contributed by atoms with Crippen molar-refractivity contribution in [2.24, 2.45) is 0 Å². The van der Waals surface area contributed by atoms with Gasteiger partial charge in [0.1, 0.15) is 36.8 Å². The van der Waals surface area contributed by atoms with E-state index in [-0.39, 0.29) is 37.1 Å². The van der Waals surface area contributed by atoms with Gasteiger partial charge in [0.25, 0.3) is 0 Å². The van der Waals surface area contributed by atoms with Crippen molar-refractivity contribution in [2.75, 3.05) is 13.2 Å². The molecule has 2 aromatic rings. The Bertz CT molecular complexity index is 1000. The van der Waals surface area contributed by atoms with E-state index in [1.807, 2.05) is 0 Å². The van der Waals surface area contributed by atoms with Crippen molar-refractivity contribution >= 4 is 28.6 Å². The van der Waals surface area contributed by atoms with Crippen LogP contribution < -0.4 is 0 Å². The molecule has 1 saturated heterocycles. The number of carboxylic acids is 2. The molecule has 1 aliphatic rings. The number of aromatic carboxylic acids is 2. The molecular formula is C18H24O17S. The highest BCUT2D eigenvalue weighted by Gasteiger charge is 2.41. The van der Waals surface area contributed by atoms with Gasteiger partial charge in [0.2, 0.25) is 11.5 Å². The maximum absolute atomic E-state index is 10.2. The molecule has 0 saturated carbocycles. The first-order valence-corrected chi connectivity index (χ1v) is 10.7. The lowest BCUT2D eigenvalue weighted by Crippen LogP contribution is -2.34. The zero-order valence-corrected chi connectivity index (χ0v) is 18.8. The first-order chi connectivity index (χ1) is 16.7. The number of ether oxygens (including phenoxy) is 1. The molecule has 2 aromatic heterocycles. The molecular weight excluding hydrogens is 520 g/mol. The lowest BCUT2D eigenvalue weighted by molar-refractivity contribution is -0.0395. The Morgan fingerprint density at radius 3 is 1.44 bits per heavy atom. The summed E-state index contributed by atoms with van der Waals surface area (Å²) in [5.41, 5.74) is 0. The number of carbonyl (C=O) groups is 3.